The molecule has 0 amide bonds. The summed E-state index contributed by atoms with van der Waals surface area (Å²) in [6.45, 7) is -0.299. The normalized spacial score (nSPS) is 11.5. The number of hydrogen-bond donors (Lipinski definition) is 2. The van der Waals surface area contributed by atoms with Crippen LogP contribution in [0.15, 0.2) is 12.1 Å². The number of halogens is 4. The van der Waals surface area contributed by atoms with Crippen molar-refractivity contribution < 1.29 is 22.3 Å². The van der Waals surface area contributed by atoms with Gasteiger partial charge in [-0.15, -0.1) is 13.2 Å². The molecule has 7 heteroatoms. The predicted octanol–water partition coefficient (Wildman–Crippen LogP) is 1.77. The first-order valence-electron chi connectivity index (χ1n) is 3.88. The number of rotatable bonds is 2. The first-order chi connectivity index (χ1) is 6.85. The van der Waals surface area contributed by atoms with Crippen LogP contribution in [0.4, 0.5) is 23.2 Å². The van der Waals surface area contributed by atoms with Crippen LogP contribution < -0.4 is 16.2 Å². The van der Waals surface area contributed by atoms with Crippen LogP contribution in [0, 0.1) is 5.82 Å². The van der Waals surface area contributed by atoms with E-state index in [2.05, 4.69) is 4.74 Å². The van der Waals surface area contributed by atoms with Crippen molar-refractivity contribution in [2.45, 2.75) is 12.9 Å². The fourth-order valence-electron chi connectivity index (χ4n) is 1.03. The molecule has 1 rings (SSSR count). The Morgan fingerprint density at radius 3 is 2.33 bits per heavy atom. The van der Waals surface area contributed by atoms with Crippen LogP contribution in [0.3, 0.4) is 0 Å². The van der Waals surface area contributed by atoms with E-state index >= 15 is 0 Å². The van der Waals surface area contributed by atoms with Crippen LogP contribution in [0.2, 0.25) is 0 Å². The molecule has 0 aliphatic heterocycles. The third-order valence-electron chi connectivity index (χ3n) is 1.67. The first-order valence-corrected chi connectivity index (χ1v) is 3.88. The highest BCUT2D eigenvalue weighted by Gasteiger charge is 2.32. The lowest BCUT2D eigenvalue weighted by Gasteiger charge is -2.12. The summed E-state index contributed by atoms with van der Waals surface area (Å²) in [6, 6.07) is 1.91. The van der Waals surface area contributed by atoms with Crippen LogP contribution in [0.5, 0.6) is 5.75 Å². The zero-order valence-corrected chi connectivity index (χ0v) is 7.44. The van der Waals surface area contributed by atoms with Crippen LogP contribution in [-0.2, 0) is 6.54 Å². The summed E-state index contributed by atoms with van der Waals surface area (Å²) in [5.41, 5.74) is 10.2. The van der Waals surface area contributed by atoms with E-state index in [1.807, 2.05) is 0 Å². The molecular formula is C8H8F4N2O. The summed E-state index contributed by atoms with van der Waals surface area (Å²) >= 11 is 0. The number of alkyl halides is 3. The Bertz CT molecular complexity index is 364. The Labute approximate surface area is 82.6 Å². The molecule has 0 atom stereocenters. The molecule has 0 heterocycles. The number of nitrogen functional groups attached to an aromatic ring is 1. The minimum absolute atomic E-state index is 0.00970. The molecule has 0 saturated carbocycles. The van der Waals surface area contributed by atoms with E-state index in [-0.39, 0.29) is 17.8 Å². The molecule has 0 radical (unpaired) electrons. The monoisotopic (exact) mass is 224 g/mol. The summed E-state index contributed by atoms with van der Waals surface area (Å²) in [4.78, 5) is 0. The molecule has 0 spiro atoms. The van der Waals surface area contributed by atoms with Crippen LogP contribution in [0.25, 0.3) is 0 Å². The van der Waals surface area contributed by atoms with Gasteiger partial charge in [0.25, 0.3) is 0 Å². The lowest BCUT2D eigenvalue weighted by Crippen LogP contribution is -2.19. The summed E-state index contributed by atoms with van der Waals surface area (Å²) in [5.74, 6) is -2.12. The van der Waals surface area contributed by atoms with Crippen LogP contribution in [0.1, 0.15) is 5.56 Å². The Morgan fingerprint density at radius 2 is 1.87 bits per heavy atom. The maximum atomic E-state index is 13.3. The number of ether oxygens (including phenoxy) is 1. The molecule has 4 N–H and O–H groups in total. The van der Waals surface area contributed by atoms with Gasteiger partial charge in [-0.05, 0) is 12.1 Å². The predicted molar refractivity (Wildman–Crippen MR) is 45.4 cm³/mol. The Balaban J connectivity index is 3.11. The molecule has 0 unspecified atom stereocenters. The highest BCUT2D eigenvalue weighted by Crippen LogP contribution is 2.29. The van der Waals surface area contributed by atoms with E-state index in [0.717, 1.165) is 12.1 Å². The van der Waals surface area contributed by atoms with Gasteiger partial charge in [-0.3, -0.25) is 0 Å². The summed E-state index contributed by atoms with van der Waals surface area (Å²) < 4.78 is 52.1. The fraction of sp³-hybridized carbons (Fsp3) is 0.250. The number of benzene rings is 1. The van der Waals surface area contributed by atoms with Gasteiger partial charge in [0, 0.05) is 17.8 Å². The Hall–Kier alpha value is -1.50. The molecule has 0 bridgehead atoms. The van der Waals surface area contributed by atoms with Gasteiger partial charge in [0.2, 0.25) is 0 Å². The third-order valence-corrected chi connectivity index (χ3v) is 1.67. The van der Waals surface area contributed by atoms with E-state index in [1.165, 1.54) is 0 Å². The molecule has 0 aliphatic rings. The van der Waals surface area contributed by atoms with Gasteiger partial charge in [-0.25, -0.2) is 4.39 Å². The van der Waals surface area contributed by atoms with E-state index in [0.29, 0.717) is 0 Å². The maximum Gasteiger partial charge on any atom is 0.573 e. The summed E-state index contributed by atoms with van der Waals surface area (Å²) in [6.07, 6.45) is -4.94. The lowest BCUT2D eigenvalue weighted by atomic mass is 10.1. The highest BCUT2D eigenvalue weighted by molar-refractivity contribution is 5.51. The van der Waals surface area contributed by atoms with Crippen molar-refractivity contribution in [2.24, 2.45) is 5.73 Å². The SMILES string of the molecule is NCc1c(N)ccc(OC(F)(F)F)c1F. The molecular weight excluding hydrogens is 216 g/mol. The molecule has 15 heavy (non-hydrogen) atoms. The van der Waals surface area contributed by atoms with E-state index in [4.69, 9.17) is 11.5 Å². The molecule has 3 nitrogen and oxygen atoms in total. The number of nitrogens with two attached hydrogens (primary N) is 2. The van der Waals surface area contributed by atoms with Crippen molar-refractivity contribution in [3.8, 4) is 5.75 Å². The second kappa shape index (κ2) is 3.93. The molecule has 0 fully saturated rings. The van der Waals surface area contributed by atoms with Crippen LogP contribution in [-0.4, -0.2) is 6.36 Å². The van der Waals surface area contributed by atoms with Gasteiger partial charge in [0.15, 0.2) is 11.6 Å². The minimum atomic E-state index is -4.94. The highest BCUT2D eigenvalue weighted by atomic mass is 19.4. The van der Waals surface area contributed by atoms with Gasteiger partial charge in [0.05, 0.1) is 0 Å². The maximum absolute atomic E-state index is 13.3. The third kappa shape index (κ3) is 2.72. The second-order valence-corrected chi connectivity index (χ2v) is 2.70. The van der Waals surface area contributed by atoms with Gasteiger partial charge in [-0.2, -0.15) is 0 Å². The van der Waals surface area contributed by atoms with Crippen molar-refractivity contribution in [3.63, 3.8) is 0 Å². The number of hydrogen-bond acceptors (Lipinski definition) is 3. The summed E-state index contributed by atoms with van der Waals surface area (Å²) in [5, 5.41) is 0. The van der Waals surface area contributed by atoms with Gasteiger partial charge >= 0.3 is 6.36 Å². The quantitative estimate of drug-likeness (QED) is 0.594. The lowest BCUT2D eigenvalue weighted by molar-refractivity contribution is -0.275. The first kappa shape index (κ1) is 11.6. The van der Waals surface area contributed by atoms with Crippen molar-refractivity contribution >= 4 is 5.69 Å². The largest absolute Gasteiger partial charge is 0.573 e. The molecule has 84 valence electrons. The van der Waals surface area contributed by atoms with Crippen molar-refractivity contribution in [1.29, 1.82) is 0 Å². The van der Waals surface area contributed by atoms with Gasteiger partial charge < -0.3 is 16.2 Å². The fourth-order valence-corrected chi connectivity index (χ4v) is 1.03. The minimum Gasteiger partial charge on any atom is -0.403 e. The number of anilines is 1. The summed E-state index contributed by atoms with van der Waals surface area (Å²) in [7, 11) is 0. The zero-order chi connectivity index (χ0) is 11.6. The Kier molecular flexibility index (Phi) is 3.04. The smallest absolute Gasteiger partial charge is 0.403 e. The molecule has 1 aromatic carbocycles. The topological polar surface area (TPSA) is 61.3 Å². The average Bonchev–Trinajstić information content (AvgIpc) is 2.09. The molecule has 0 aromatic heterocycles. The van der Waals surface area contributed by atoms with Crippen LogP contribution >= 0.6 is 0 Å². The van der Waals surface area contributed by atoms with E-state index in [9.17, 15) is 17.6 Å². The molecule has 1 aromatic rings. The zero-order valence-electron chi connectivity index (χ0n) is 7.44. The standard InChI is InChI=1S/C8H8F4N2O/c9-7-4(3-13)5(14)1-2-6(7)15-8(10,11)12/h1-2H,3,13-14H2. The second-order valence-electron chi connectivity index (χ2n) is 2.70. The average molecular weight is 224 g/mol. The van der Waals surface area contributed by atoms with Crippen molar-refractivity contribution in [3.05, 3.63) is 23.5 Å². The molecule has 0 saturated heterocycles. The van der Waals surface area contributed by atoms with Crippen molar-refractivity contribution in [2.75, 3.05) is 5.73 Å². The van der Waals surface area contributed by atoms with Gasteiger partial charge in [0.1, 0.15) is 0 Å². The van der Waals surface area contributed by atoms with E-state index in [1.54, 1.807) is 0 Å². The molecule has 0 aliphatic carbocycles. The van der Waals surface area contributed by atoms with E-state index < -0.39 is 17.9 Å². The van der Waals surface area contributed by atoms with Gasteiger partial charge in [-0.1, -0.05) is 0 Å². The Morgan fingerprint density at radius 1 is 1.27 bits per heavy atom. The van der Waals surface area contributed by atoms with Crippen molar-refractivity contribution in [1.82, 2.24) is 0 Å².